The van der Waals surface area contributed by atoms with Gasteiger partial charge in [0.25, 0.3) is 0 Å². The number of hydrogen-bond donors (Lipinski definition) is 1. The molecule has 1 atom stereocenters. The van der Waals surface area contributed by atoms with Gasteiger partial charge in [-0.15, -0.1) is 11.3 Å². The van der Waals surface area contributed by atoms with Crippen molar-refractivity contribution in [3.8, 4) is 0 Å². The van der Waals surface area contributed by atoms with Crippen molar-refractivity contribution in [3.05, 3.63) is 51.5 Å². The first-order valence-electron chi connectivity index (χ1n) is 5.54. The Bertz CT molecular complexity index is 614. The molecule has 9 heteroatoms. The van der Waals surface area contributed by atoms with Crippen molar-refractivity contribution in [3.63, 3.8) is 0 Å². The van der Waals surface area contributed by atoms with Gasteiger partial charge in [-0.3, -0.25) is 0 Å². The zero-order valence-corrected chi connectivity index (χ0v) is 11.0. The van der Waals surface area contributed by atoms with E-state index in [1.165, 1.54) is 0 Å². The summed E-state index contributed by atoms with van der Waals surface area (Å²) in [6.45, 7) is 0. The number of benzene rings is 1. The van der Waals surface area contributed by atoms with E-state index in [2.05, 4.69) is 4.98 Å². The minimum Gasteiger partial charge on any atom is -0.320 e. The third-order valence-corrected chi connectivity index (χ3v) is 3.79. The van der Waals surface area contributed by atoms with Crippen LogP contribution in [0.15, 0.2) is 30.5 Å². The van der Waals surface area contributed by atoms with Crippen LogP contribution in [0.4, 0.5) is 26.3 Å². The number of nitrogens with two attached hydrogens (primary N) is 1. The van der Waals surface area contributed by atoms with E-state index in [4.69, 9.17) is 5.73 Å². The molecule has 21 heavy (non-hydrogen) atoms. The number of aromatic nitrogens is 1. The highest BCUT2D eigenvalue weighted by Crippen LogP contribution is 2.36. The molecule has 1 unspecified atom stereocenters. The van der Waals surface area contributed by atoms with E-state index in [1.807, 2.05) is 0 Å². The zero-order valence-electron chi connectivity index (χ0n) is 10.2. The molecule has 0 amide bonds. The average molecular weight is 326 g/mol. The summed E-state index contributed by atoms with van der Waals surface area (Å²) in [7, 11) is 0. The minimum absolute atomic E-state index is 0.127. The van der Waals surface area contributed by atoms with Gasteiger partial charge in [-0.05, 0) is 17.7 Å². The molecule has 0 fully saturated rings. The zero-order chi connectivity index (χ0) is 15.8. The van der Waals surface area contributed by atoms with Crippen molar-refractivity contribution in [2.24, 2.45) is 5.73 Å². The first kappa shape index (κ1) is 15.8. The maximum absolute atomic E-state index is 12.4. The molecule has 1 heterocycles. The number of rotatable bonds is 2. The predicted molar refractivity (Wildman–Crippen MR) is 64.6 cm³/mol. The van der Waals surface area contributed by atoms with Crippen LogP contribution in [0.25, 0.3) is 0 Å². The molecule has 0 bridgehead atoms. The van der Waals surface area contributed by atoms with Crippen molar-refractivity contribution in [2.45, 2.75) is 18.4 Å². The van der Waals surface area contributed by atoms with Crippen LogP contribution in [0.2, 0.25) is 0 Å². The maximum atomic E-state index is 12.4. The molecule has 0 radical (unpaired) electrons. The topological polar surface area (TPSA) is 38.9 Å². The first-order valence-corrected chi connectivity index (χ1v) is 6.36. The number of hydrogen-bond acceptors (Lipinski definition) is 3. The van der Waals surface area contributed by atoms with E-state index >= 15 is 0 Å². The van der Waals surface area contributed by atoms with Crippen LogP contribution < -0.4 is 5.73 Å². The summed E-state index contributed by atoms with van der Waals surface area (Å²) in [5, 5.41) is -1.04. The smallest absolute Gasteiger partial charge is 0.320 e. The van der Waals surface area contributed by atoms with Gasteiger partial charge in [0, 0.05) is 11.1 Å². The average Bonchev–Trinajstić information content (AvgIpc) is 2.86. The predicted octanol–water partition coefficient (Wildman–Crippen LogP) is 4.23. The largest absolute Gasteiger partial charge is 0.443 e. The molecule has 0 saturated heterocycles. The van der Waals surface area contributed by atoms with E-state index in [0.717, 1.165) is 30.5 Å². The lowest BCUT2D eigenvalue weighted by Gasteiger charge is -2.11. The van der Waals surface area contributed by atoms with E-state index < -0.39 is 29.0 Å². The Balaban J connectivity index is 2.24. The summed E-state index contributed by atoms with van der Waals surface area (Å²) >= 11 is 0.369. The van der Waals surface area contributed by atoms with Crippen LogP contribution in [0.3, 0.4) is 0 Å². The van der Waals surface area contributed by atoms with Gasteiger partial charge in [-0.25, -0.2) is 4.98 Å². The van der Waals surface area contributed by atoms with E-state index in [-0.39, 0.29) is 10.4 Å². The lowest BCUT2D eigenvalue weighted by Crippen LogP contribution is -2.11. The van der Waals surface area contributed by atoms with Crippen molar-refractivity contribution < 1.29 is 26.3 Å². The van der Waals surface area contributed by atoms with Crippen molar-refractivity contribution in [1.29, 1.82) is 0 Å². The van der Waals surface area contributed by atoms with E-state index in [0.29, 0.717) is 11.3 Å². The van der Waals surface area contributed by atoms with E-state index in [1.54, 1.807) is 0 Å². The molecule has 0 aliphatic rings. The third kappa shape index (κ3) is 3.53. The van der Waals surface area contributed by atoms with Gasteiger partial charge in [0.2, 0.25) is 0 Å². The van der Waals surface area contributed by atoms with Crippen molar-refractivity contribution >= 4 is 11.3 Å². The van der Waals surface area contributed by atoms with Crippen molar-refractivity contribution in [2.75, 3.05) is 0 Å². The molecule has 2 nitrogen and oxygen atoms in total. The number of alkyl halides is 6. The van der Waals surface area contributed by atoms with Crippen LogP contribution in [-0.4, -0.2) is 4.98 Å². The van der Waals surface area contributed by atoms with Gasteiger partial charge in [0.05, 0.1) is 11.6 Å². The molecule has 0 saturated carbocycles. The van der Waals surface area contributed by atoms with Crippen LogP contribution in [-0.2, 0) is 12.4 Å². The third-order valence-electron chi connectivity index (χ3n) is 2.67. The van der Waals surface area contributed by atoms with Gasteiger partial charge in [0.15, 0.2) is 5.01 Å². The summed E-state index contributed by atoms with van der Waals surface area (Å²) in [5.41, 5.74) is 5.18. The Morgan fingerprint density at radius 1 is 0.952 bits per heavy atom. The number of nitrogens with zero attached hydrogens (tertiary/aromatic N) is 1. The SMILES string of the molecule is NC(c1ccc(C(F)(F)F)cc1)c1cnc(C(F)(F)F)s1. The molecular formula is C12H8F6N2S. The molecule has 1 aromatic carbocycles. The highest BCUT2D eigenvalue weighted by molar-refractivity contribution is 7.11. The van der Waals surface area contributed by atoms with Crippen LogP contribution in [0.1, 0.15) is 27.1 Å². The molecule has 0 aliphatic carbocycles. The fourth-order valence-corrected chi connectivity index (χ4v) is 2.42. The fourth-order valence-electron chi connectivity index (χ4n) is 1.61. The van der Waals surface area contributed by atoms with Gasteiger partial charge < -0.3 is 5.73 Å². The van der Waals surface area contributed by atoms with Gasteiger partial charge in [-0.1, -0.05) is 12.1 Å². The monoisotopic (exact) mass is 326 g/mol. The van der Waals surface area contributed by atoms with Crippen LogP contribution in [0, 0.1) is 0 Å². The molecule has 114 valence electrons. The maximum Gasteiger partial charge on any atom is 0.443 e. The Morgan fingerprint density at radius 3 is 1.95 bits per heavy atom. The summed E-state index contributed by atoms with van der Waals surface area (Å²) in [6.07, 6.45) is -8.06. The molecule has 0 aliphatic heterocycles. The second-order valence-electron chi connectivity index (χ2n) is 4.16. The second-order valence-corrected chi connectivity index (χ2v) is 5.23. The first-order chi connectivity index (χ1) is 9.59. The highest BCUT2D eigenvalue weighted by Gasteiger charge is 2.35. The molecule has 1 aromatic heterocycles. The van der Waals surface area contributed by atoms with Crippen molar-refractivity contribution in [1.82, 2.24) is 4.98 Å². The summed E-state index contributed by atoms with van der Waals surface area (Å²) in [4.78, 5) is 3.35. The highest BCUT2D eigenvalue weighted by atomic mass is 32.1. The molecular weight excluding hydrogens is 318 g/mol. The molecule has 0 spiro atoms. The summed E-state index contributed by atoms with van der Waals surface area (Å²) < 4.78 is 74.5. The fraction of sp³-hybridized carbons (Fsp3) is 0.250. The normalized spacial score (nSPS) is 14.2. The Kier molecular flexibility index (Phi) is 3.98. The van der Waals surface area contributed by atoms with E-state index in [9.17, 15) is 26.3 Å². The lowest BCUT2D eigenvalue weighted by atomic mass is 10.0. The number of halogens is 6. The van der Waals surface area contributed by atoms with Gasteiger partial charge >= 0.3 is 12.4 Å². The standard InChI is InChI=1S/C12H8F6N2S/c13-11(14,15)7-3-1-6(2-4-7)9(19)8-5-20-10(21-8)12(16,17)18/h1-5,9H,19H2. The second kappa shape index (κ2) is 5.30. The lowest BCUT2D eigenvalue weighted by molar-refractivity contribution is -0.138. The van der Waals surface area contributed by atoms with Crippen LogP contribution >= 0.6 is 11.3 Å². The minimum atomic E-state index is -4.57. The number of thiazole rings is 1. The molecule has 2 N–H and O–H groups in total. The molecule has 2 aromatic rings. The van der Waals surface area contributed by atoms with Crippen LogP contribution in [0.5, 0.6) is 0 Å². The Labute approximate surface area is 119 Å². The van der Waals surface area contributed by atoms with Gasteiger partial charge in [0.1, 0.15) is 0 Å². The quantitative estimate of drug-likeness (QED) is 0.839. The summed E-state index contributed by atoms with van der Waals surface area (Å²) in [5.74, 6) is 0. The Hall–Kier alpha value is -1.61. The van der Waals surface area contributed by atoms with Gasteiger partial charge in [-0.2, -0.15) is 26.3 Å². The Morgan fingerprint density at radius 2 is 1.52 bits per heavy atom. The summed E-state index contributed by atoms with van der Waals surface area (Å²) in [6, 6.07) is 2.99. The molecule has 2 rings (SSSR count).